The second-order valence-electron chi connectivity index (χ2n) is 7.08. The van der Waals surface area contributed by atoms with Gasteiger partial charge in [0.15, 0.2) is 0 Å². The number of amides is 2. The third kappa shape index (κ3) is 6.32. The molecule has 4 heteroatoms. The monoisotopic (exact) mass is 386 g/mol. The molecule has 0 aromatic heterocycles. The van der Waals surface area contributed by atoms with Crippen LogP contribution in [0, 0.1) is 6.92 Å². The lowest BCUT2D eigenvalue weighted by molar-refractivity contribution is -0.122. The van der Waals surface area contributed by atoms with Gasteiger partial charge in [-0.25, -0.2) is 0 Å². The van der Waals surface area contributed by atoms with Crippen molar-refractivity contribution in [3.63, 3.8) is 0 Å². The van der Waals surface area contributed by atoms with Crippen molar-refractivity contribution in [2.75, 3.05) is 6.54 Å². The van der Waals surface area contributed by atoms with Crippen LogP contribution in [-0.4, -0.2) is 18.4 Å². The maximum absolute atomic E-state index is 12.5. The lowest BCUT2D eigenvalue weighted by Crippen LogP contribution is -2.33. The van der Waals surface area contributed by atoms with Crippen molar-refractivity contribution in [2.24, 2.45) is 0 Å². The standard InChI is InChI=1S/C25H26N2O2/c1-19-12-14-22(15-13-19)25(21-10-6-3-7-11-21)27-23(28)16-17-26-24(29)18-20-8-4-2-5-9-20/h2-15,25H,16-18H2,1H3,(H,26,29)(H,27,28). The molecule has 3 rings (SSSR count). The molecule has 29 heavy (non-hydrogen) atoms. The lowest BCUT2D eigenvalue weighted by atomic mass is 9.97. The first-order valence-corrected chi connectivity index (χ1v) is 9.83. The molecule has 4 nitrogen and oxygen atoms in total. The molecule has 0 radical (unpaired) electrons. The summed E-state index contributed by atoms with van der Waals surface area (Å²) < 4.78 is 0. The zero-order valence-electron chi connectivity index (χ0n) is 16.6. The molecule has 3 aromatic rings. The van der Waals surface area contributed by atoms with Gasteiger partial charge in [0.2, 0.25) is 11.8 Å². The van der Waals surface area contributed by atoms with Crippen molar-refractivity contribution in [3.8, 4) is 0 Å². The van der Waals surface area contributed by atoms with Gasteiger partial charge in [0.05, 0.1) is 12.5 Å². The van der Waals surface area contributed by atoms with Crippen LogP contribution >= 0.6 is 0 Å². The van der Waals surface area contributed by atoms with E-state index in [0.29, 0.717) is 13.0 Å². The molecule has 2 amide bonds. The summed E-state index contributed by atoms with van der Waals surface area (Å²) in [6.45, 7) is 2.35. The summed E-state index contributed by atoms with van der Waals surface area (Å²) in [5.41, 5.74) is 4.19. The van der Waals surface area contributed by atoms with Gasteiger partial charge in [0.1, 0.15) is 0 Å². The third-order valence-corrected chi connectivity index (χ3v) is 4.73. The topological polar surface area (TPSA) is 58.2 Å². The van der Waals surface area contributed by atoms with Crippen LogP contribution in [0.1, 0.15) is 34.7 Å². The normalized spacial score (nSPS) is 11.5. The van der Waals surface area contributed by atoms with Gasteiger partial charge >= 0.3 is 0 Å². The number of hydrogen-bond acceptors (Lipinski definition) is 2. The number of carbonyl (C=O) groups is 2. The minimum absolute atomic E-state index is 0.0813. The molecule has 3 aromatic carbocycles. The predicted octanol–water partition coefficient (Wildman–Crippen LogP) is 3.95. The van der Waals surface area contributed by atoms with E-state index in [9.17, 15) is 9.59 Å². The third-order valence-electron chi connectivity index (χ3n) is 4.73. The van der Waals surface area contributed by atoms with Gasteiger partial charge in [-0.15, -0.1) is 0 Å². The lowest BCUT2D eigenvalue weighted by Gasteiger charge is -2.20. The molecular weight excluding hydrogens is 360 g/mol. The maximum Gasteiger partial charge on any atom is 0.224 e. The zero-order chi connectivity index (χ0) is 20.5. The Kier molecular flexibility index (Phi) is 7.17. The zero-order valence-corrected chi connectivity index (χ0v) is 16.6. The Bertz CT molecular complexity index is 922. The van der Waals surface area contributed by atoms with E-state index in [4.69, 9.17) is 0 Å². The summed E-state index contributed by atoms with van der Waals surface area (Å²) in [6, 6.07) is 27.4. The fraction of sp³-hybridized carbons (Fsp3) is 0.200. The van der Waals surface area contributed by atoms with Crippen molar-refractivity contribution >= 4 is 11.8 Å². The van der Waals surface area contributed by atoms with Gasteiger partial charge < -0.3 is 10.6 Å². The number of benzene rings is 3. The molecule has 0 saturated heterocycles. The van der Waals surface area contributed by atoms with Gasteiger partial charge in [-0.1, -0.05) is 90.5 Å². The molecule has 0 aliphatic heterocycles. The number of aryl methyl sites for hydroxylation is 1. The van der Waals surface area contributed by atoms with Crippen LogP contribution in [0.4, 0.5) is 0 Å². The van der Waals surface area contributed by atoms with Crippen molar-refractivity contribution in [1.82, 2.24) is 10.6 Å². The molecule has 0 heterocycles. The number of nitrogens with one attached hydrogen (secondary N) is 2. The molecule has 0 aliphatic rings. The Morgan fingerprint density at radius 3 is 2.00 bits per heavy atom. The van der Waals surface area contributed by atoms with E-state index in [1.54, 1.807) is 0 Å². The Hall–Kier alpha value is -3.40. The number of rotatable bonds is 8. The Morgan fingerprint density at radius 2 is 1.34 bits per heavy atom. The summed E-state index contributed by atoms with van der Waals surface area (Å²) in [4.78, 5) is 24.6. The summed E-state index contributed by atoms with van der Waals surface area (Å²) in [5.74, 6) is -0.179. The van der Waals surface area contributed by atoms with Crippen LogP contribution in [0.5, 0.6) is 0 Å². The van der Waals surface area contributed by atoms with Crippen LogP contribution in [0.3, 0.4) is 0 Å². The highest BCUT2D eigenvalue weighted by atomic mass is 16.2. The van der Waals surface area contributed by atoms with Crippen molar-refractivity contribution in [2.45, 2.75) is 25.8 Å². The molecule has 0 spiro atoms. The van der Waals surface area contributed by atoms with Crippen LogP contribution in [-0.2, 0) is 16.0 Å². The minimum Gasteiger partial charge on any atom is -0.355 e. The first kappa shape index (κ1) is 20.3. The summed E-state index contributed by atoms with van der Waals surface area (Å²) in [5, 5.41) is 5.92. The van der Waals surface area contributed by atoms with Gasteiger partial charge in [-0.2, -0.15) is 0 Å². The fourth-order valence-corrected chi connectivity index (χ4v) is 3.16. The van der Waals surface area contributed by atoms with Gasteiger partial charge in [-0.05, 0) is 23.6 Å². The highest BCUT2D eigenvalue weighted by Crippen LogP contribution is 2.22. The molecule has 0 saturated carbocycles. The van der Waals surface area contributed by atoms with E-state index >= 15 is 0 Å². The summed E-state index contributed by atoms with van der Waals surface area (Å²) >= 11 is 0. The molecule has 0 aliphatic carbocycles. The number of carbonyl (C=O) groups excluding carboxylic acids is 2. The minimum atomic E-state index is -0.218. The van der Waals surface area contributed by atoms with Gasteiger partial charge in [-0.3, -0.25) is 9.59 Å². The smallest absolute Gasteiger partial charge is 0.224 e. The van der Waals surface area contributed by atoms with Crippen molar-refractivity contribution < 1.29 is 9.59 Å². The average molecular weight is 386 g/mol. The van der Waals surface area contributed by atoms with Crippen LogP contribution in [0.25, 0.3) is 0 Å². The van der Waals surface area contributed by atoms with E-state index in [2.05, 4.69) is 10.6 Å². The Balaban J connectivity index is 1.56. The fourth-order valence-electron chi connectivity index (χ4n) is 3.16. The largest absolute Gasteiger partial charge is 0.355 e. The molecular formula is C25H26N2O2. The SMILES string of the molecule is Cc1ccc(C(NC(=O)CCNC(=O)Cc2ccccc2)c2ccccc2)cc1. The van der Waals surface area contributed by atoms with Crippen LogP contribution in [0.2, 0.25) is 0 Å². The van der Waals surface area contributed by atoms with Gasteiger partial charge in [0, 0.05) is 13.0 Å². The Morgan fingerprint density at radius 1 is 0.759 bits per heavy atom. The van der Waals surface area contributed by atoms with E-state index in [-0.39, 0.29) is 24.3 Å². The predicted molar refractivity (Wildman–Crippen MR) is 115 cm³/mol. The van der Waals surface area contributed by atoms with Crippen molar-refractivity contribution in [1.29, 1.82) is 0 Å². The highest BCUT2D eigenvalue weighted by Gasteiger charge is 2.16. The van der Waals surface area contributed by atoms with E-state index in [1.165, 1.54) is 5.56 Å². The van der Waals surface area contributed by atoms with Crippen LogP contribution in [0.15, 0.2) is 84.9 Å². The van der Waals surface area contributed by atoms with Crippen molar-refractivity contribution in [3.05, 3.63) is 107 Å². The Labute approximate surface area is 172 Å². The van der Waals surface area contributed by atoms with E-state index in [0.717, 1.165) is 16.7 Å². The highest BCUT2D eigenvalue weighted by molar-refractivity contribution is 5.80. The molecule has 148 valence electrons. The summed E-state index contributed by atoms with van der Waals surface area (Å²) in [7, 11) is 0. The quantitative estimate of drug-likeness (QED) is 0.616. The first-order valence-electron chi connectivity index (χ1n) is 9.83. The van der Waals surface area contributed by atoms with E-state index in [1.807, 2.05) is 91.9 Å². The van der Waals surface area contributed by atoms with E-state index < -0.39 is 0 Å². The second kappa shape index (κ2) is 10.2. The van der Waals surface area contributed by atoms with Gasteiger partial charge in [0.25, 0.3) is 0 Å². The maximum atomic E-state index is 12.5. The molecule has 1 atom stereocenters. The molecule has 0 fully saturated rings. The number of hydrogen-bond donors (Lipinski definition) is 2. The second-order valence-corrected chi connectivity index (χ2v) is 7.08. The molecule has 0 bridgehead atoms. The molecule has 1 unspecified atom stereocenters. The average Bonchev–Trinajstić information content (AvgIpc) is 2.74. The first-order chi connectivity index (χ1) is 14.1. The summed E-state index contributed by atoms with van der Waals surface area (Å²) in [6.07, 6.45) is 0.550. The molecule has 2 N–H and O–H groups in total. The van der Waals surface area contributed by atoms with Crippen LogP contribution < -0.4 is 10.6 Å².